The second-order valence-electron chi connectivity index (χ2n) is 3.92. The first kappa shape index (κ1) is 15.4. The quantitative estimate of drug-likeness (QED) is 0.841. The lowest BCUT2D eigenvalue weighted by molar-refractivity contribution is -0.119. The number of amides is 1. The first-order chi connectivity index (χ1) is 8.80. The van der Waals surface area contributed by atoms with Gasteiger partial charge in [0.05, 0.1) is 5.69 Å². The molecule has 0 aromatic heterocycles. The van der Waals surface area contributed by atoms with Crippen molar-refractivity contribution in [1.82, 2.24) is 9.62 Å². The van der Waals surface area contributed by atoms with Crippen LogP contribution in [0.4, 0.5) is 10.1 Å². The SMILES string of the molecule is CNC(=O)CN(c1ccccc1F)S(=O)(=O)N(C)C. The molecule has 0 saturated heterocycles. The molecule has 1 amide bonds. The fourth-order valence-electron chi connectivity index (χ4n) is 1.35. The molecule has 0 unspecified atom stereocenters. The highest BCUT2D eigenvalue weighted by atomic mass is 32.2. The van der Waals surface area contributed by atoms with Crippen molar-refractivity contribution in [3.8, 4) is 0 Å². The molecule has 0 heterocycles. The van der Waals surface area contributed by atoms with Crippen LogP contribution >= 0.6 is 0 Å². The molecule has 1 N–H and O–H groups in total. The van der Waals surface area contributed by atoms with Gasteiger partial charge in [0.25, 0.3) is 0 Å². The number of nitrogens with one attached hydrogen (secondary N) is 1. The largest absolute Gasteiger partial charge is 0.358 e. The maximum Gasteiger partial charge on any atom is 0.304 e. The Bertz CT molecular complexity index is 560. The molecule has 0 bridgehead atoms. The van der Waals surface area contributed by atoms with Crippen molar-refractivity contribution in [2.24, 2.45) is 0 Å². The van der Waals surface area contributed by atoms with Gasteiger partial charge in [0.1, 0.15) is 12.4 Å². The lowest BCUT2D eigenvalue weighted by atomic mass is 10.3. The molecule has 0 atom stereocenters. The van der Waals surface area contributed by atoms with E-state index in [-0.39, 0.29) is 5.69 Å². The van der Waals surface area contributed by atoms with Gasteiger partial charge in [-0.05, 0) is 12.1 Å². The molecule has 1 aromatic carbocycles. The number of carbonyl (C=O) groups excluding carboxylic acids is 1. The number of carbonyl (C=O) groups is 1. The summed E-state index contributed by atoms with van der Waals surface area (Å²) in [5, 5.41) is 2.31. The standard InChI is InChI=1S/C11H16FN3O3S/c1-13-11(16)8-15(19(17,18)14(2)3)10-7-5-4-6-9(10)12/h4-7H,8H2,1-3H3,(H,13,16). The van der Waals surface area contributed by atoms with E-state index in [0.717, 1.165) is 14.7 Å². The van der Waals surface area contributed by atoms with Crippen LogP contribution < -0.4 is 9.62 Å². The van der Waals surface area contributed by atoms with Crippen molar-refractivity contribution in [1.29, 1.82) is 0 Å². The molecule has 6 nitrogen and oxygen atoms in total. The van der Waals surface area contributed by atoms with E-state index < -0.39 is 28.5 Å². The average molecular weight is 289 g/mol. The van der Waals surface area contributed by atoms with Crippen LogP contribution in [-0.4, -0.2) is 46.3 Å². The Morgan fingerprint density at radius 2 is 1.89 bits per heavy atom. The molecule has 0 aliphatic heterocycles. The smallest absolute Gasteiger partial charge is 0.304 e. The van der Waals surface area contributed by atoms with Crippen molar-refractivity contribution >= 4 is 21.8 Å². The van der Waals surface area contributed by atoms with E-state index in [0.29, 0.717) is 0 Å². The summed E-state index contributed by atoms with van der Waals surface area (Å²) in [7, 11) is 0.0503. The number of nitrogens with zero attached hydrogens (tertiary/aromatic N) is 2. The van der Waals surface area contributed by atoms with Crippen LogP contribution in [0.5, 0.6) is 0 Å². The minimum atomic E-state index is -3.95. The van der Waals surface area contributed by atoms with Gasteiger partial charge in [-0.3, -0.25) is 4.79 Å². The van der Waals surface area contributed by atoms with E-state index in [1.54, 1.807) is 0 Å². The number of hydrogen-bond donors (Lipinski definition) is 1. The molecule has 19 heavy (non-hydrogen) atoms. The summed E-state index contributed by atoms with van der Waals surface area (Å²) < 4.78 is 39.7. The molecule has 0 spiro atoms. The van der Waals surface area contributed by atoms with E-state index in [9.17, 15) is 17.6 Å². The van der Waals surface area contributed by atoms with Gasteiger partial charge in [0.15, 0.2) is 0 Å². The van der Waals surface area contributed by atoms with Crippen LogP contribution in [0.25, 0.3) is 0 Å². The number of para-hydroxylation sites is 1. The van der Waals surface area contributed by atoms with Gasteiger partial charge in [-0.15, -0.1) is 0 Å². The zero-order valence-electron chi connectivity index (χ0n) is 10.9. The van der Waals surface area contributed by atoms with E-state index in [1.165, 1.54) is 39.3 Å². The summed E-state index contributed by atoms with van der Waals surface area (Å²) in [4.78, 5) is 11.4. The van der Waals surface area contributed by atoms with Crippen molar-refractivity contribution in [2.75, 3.05) is 32.0 Å². The Kier molecular flexibility index (Phi) is 4.84. The van der Waals surface area contributed by atoms with E-state index >= 15 is 0 Å². The highest BCUT2D eigenvalue weighted by Crippen LogP contribution is 2.22. The molecule has 8 heteroatoms. The molecule has 0 saturated carbocycles. The predicted molar refractivity (Wildman–Crippen MR) is 70.4 cm³/mol. The summed E-state index contributed by atoms with van der Waals surface area (Å²) >= 11 is 0. The number of rotatable bonds is 5. The Morgan fingerprint density at radius 1 is 1.32 bits per heavy atom. The molecule has 106 valence electrons. The Hall–Kier alpha value is -1.67. The first-order valence-electron chi connectivity index (χ1n) is 5.46. The molecule has 1 aromatic rings. The van der Waals surface area contributed by atoms with Crippen LogP contribution in [0.15, 0.2) is 24.3 Å². The van der Waals surface area contributed by atoms with Gasteiger partial charge < -0.3 is 5.32 Å². The third kappa shape index (κ3) is 3.42. The van der Waals surface area contributed by atoms with Crippen LogP contribution in [-0.2, 0) is 15.0 Å². The van der Waals surface area contributed by atoms with Gasteiger partial charge in [0, 0.05) is 21.1 Å². The maximum absolute atomic E-state index is 13.7. The fraction of sp³-hybridized carbons (Fsp3) is 0.364. The second kappa shape index (κ2) is 5.98. The lowest BCUT2D eigenvalue weighted by Gasteiger charge is -2.26. The number of likely N-dealkylation sites (N-methyl/N-ethyl adjacent to an activating group) is 1. The molecular weight excluding hydrogens is 273 g/mol. The minimum Gasteiger partial charge on any atom is -0.358 e. The fourth-order valence-corrected chi connectivity index (χ4v) is 2.42. The molecule has 0 aliphatic carbocycles. The molecule has 0 radical (unpaired) electrons. The summed E-state index contributed by atoms with van der Waals surface area (Å²) in [5.41, 5.74) is -0.167. The Balaban J connectivity index is 3.29. The summed E-state index contributed by atoms with van der Waals surface area (Å²) in [6, 6.07) is 5.39. The Morgan fingerprint density at radius 3 is 2.37 bits per heavy atom. The van der Waals surface area contributed by atoms with Gasteiger partial charge in [-0.2, -0.15) is 12.7 Å². The third-order valence-corrected chi connectivity index (χ3v) is 4.23. The average Bonchev–Trinajstić information content (AvgIpc) is 2.36. The van der Waals surface area contributed by atoms with E-state index in [1.807, 2.05) is 0 Å². The van der Waals surface area contributed by atoms with Crippen LogP contribution in [0.2, 0.25) is 0 Å². The Labute approximate surface area is 112 Å². The van der Waals surface area contributed by atoms with Crippen molar-refractivity contribution in [3.63, 3.8) is 0 Å². The van der Waals surface area contributed by atoms with Gasteiger partial charge >= 0.3 is 10.2 Å². The zero-order valence-corrected chi connectivity index (χ0v) is 11.7. The highest BCUT2D eigenvalue weighted by Gasteiger charge is 2.28. The zero-order chi connectivity index (χ0) is 14.6. The molecular formula is C11H16FN3O3S. The summed E-state index contributed by atoms with van der Waals surface area (Å²) in [6.07, 6.45) is 0. The van der Waals surface area contributed by atoms with Crippen LogP contribution in [0.1, 0.15) is 0 Å². The maximum atomic E-state index is 13.7. The highest BCUT2D eigenvalue weighted by molar-refractivity contribution is 7.90. The van der Waals surface area contributed by atoms with E-state index in [4.69, 9.17) is 0 Å². The predicted octanol–water partition coefficient (Wildman–Crippen LogP) is 0.184. The lowest BCUT2D eigenvalue weighted by Crippen LogP contribution is -2.45. The minimum absolute atomic E-state index is 0.167. The number of benzene rings is 1. The van der Waals surface area contributed by atoms with Gasteiger partial charge in [-0.1, -0.05) is 12.1 Å². The van der Waals surface area contributed by atoms with Crippen molar-refractivity contribution in [3.05, 3.63) is 30.1 Å². The molecule has 0 aliphatic rings. The number of halogens is 1. The normalized spacial score (nSPS) is 11.4. The van der Waals surface area contributed by atoms with Crippen molar-refractivity contribution in [2.45, 2.75) is 0 Å². The number of anilines is 1. The van der Waals surface area contributed by atoms with Crippen molar-refractivity contribution < 1.29 is 17.6 Å². The summed E-state index contributed by atoms with van der Waals surface area (Å²) in [5.74, 6) is -1.24. The molecule has 1 rings (SSSR count). The van der Waals surface area contributed by atoms with Gasteiger partial charge in [0.2, 0.25) is 5.91 Å². The second-order valence-corrected chi connectivity index (χ2v) is 5.99. The third-order valence-electron chi connectivity index (χ3n) is 2.43. The number of hydrogen-bond acceptors (Lipinski definition) is 3. The van der Waals surface area contributed by atoms with Crippen LogP contribution in [0.3, 0.4) is 0 Å². The van der Waals surface area contributed by atoms with Gasteiger partial charge in [-0.25, -0.2) is 8.70 Å². The summed E-state index contributed by atoms with van der Waals surface area (Å²) in [6.45, 7) is -0.488. The first-order valence-corrected chi connectivity index (χ1v) is 6.85. The van der Waals surface area contributed by atoms with E-state index in [2.05, 4.69) is 5.32 Å². The monoisotopic (exact) mass is 289 g/mol. The topological polar surface area (TPSA) is 69.7 Å². The van der Waals surface area contributed by atoms with Crippen LogP contribution in [0, 0.1) is 5.82 Å². The molecule has 0 fully saturated rings.